The van der Waals surface area contributed by atoms with Crippen LogP contribution >= 0.6 is 0 Å². The van der Waals surface area contributed by atoms with Crippen LogP contribution in [0, 0.1) is 6.92 Å². The van der Waals surface area contributed by atoms with E-state index in [0.717, 1.165) is 35.2 Å². The second kappa shape index (κ2) is 9.27. The van der Waals surface area contributed by atoms with Crippen LogP contribution in [-0.2, 0) is 16.1 Å². The summed E-state index contributed by atoms with van der Waals surface area (Å²) in [6, 6.07) is 25.1. The summed E-state index contributed by atoms with van der Waals surface area (Å²) in [4.78, 5) is 25.6. The number of nitrogens with zero attached hydrogens (tertiary/aromatic N) is 2. The molecule has 0 radical (unpaired) electrons. The predicted molar refractivity (Wildman–Crippen MR) is 133 cm³/mol. The van der Waals surface area contributed by atoms with Crippen LogP contribution in [0.4, 0.5) is 5.69 Å². The summed E-state index contributed by atoms with van der Waals surface area (Å²) in [7, 11) is 0. The summed E-state index contributed by atoms with van der Waals surface area (Å²) >= 11 is 0. The molecular formula is C28H25N3O3. The first-order valence-corrected chi connectivity index (χ1v) is 11.3. The van der Waals surface area contributed by atoms with Crippen LogP contribution in [0.25, 0.3) is 17.0 Å². The van der Waals surface area contributed by atoms with Crippen LogP contribution in [0.15, 0.2) is 90.6 Å². The highest BCUT2D eigenvalue weighted by atomic mass is 16.5. The second-order valence-corrected chi connectivity index (χ2v) is 8.29. The lowest BCUT2D eigenvalue weighted by atomic mass is 10.1. The number of rotatable bonds is 7. The van der Waals surface area contributed by atoms with Crippen molar-refractivity contribution in [2.24, 2.45) is 0 Å². The number of amides is 2. The van der Waals surface area contributed by atoms with Gasteiger partial charge in [-0.1, -0.05) is 54.1 Å². The van der Waals surface area contributed by atoms with Crippen molar-refractivity contribution < 1.29 is 14.3 Å². The number of carbonyl (C=O) groups excluding carboxylic acids is 2. The Hall–Kier alpha value is -4.32. The number of hydrogen-bond acceptors (Lipinski definition) is 3. The van der Waals surface area contributed by atoms with E-state index in [-0.39, 0.29) is 11.5 Å². The van der Waals surface area contributed by atoms with Gasteiger partial charge in [0.25, 0.3) is 11.8 Å². The van der Waals surface area contributed by atoms with Crippen LogP contribution < -0.4 is 15.2 Å². The lowest BCUT2D eigenvalue weighted by molar-refractivity contribution is -0.117. The first-order valence-electron chi connectivity index (χ1n) is 11.3. The number of fused-ring (bicyclic) bond motifs is 1. The van der Waals surface area contributed by atoms with Crippen molar-refractivity contribution in [1.82, 2.24) is 9.99 Å². The van der Waals surface area contributed by atoms with E-state index in [9.17, 15) is 9.59 Å². The molecular weight excluding hydrogens is 426 g/mol. The minimum absolute atomic E-state index is 0.120. The molecule has 4 aromatic rings. The van der Waals surface area contributed by atoms with Gasteiger partial charge >= 0.3 is 0 Å². The van der Waals surface area contributed by atoms with E-state index in [4.69, 9.17) is 4.74 Å². The molecule has 0 spiro atoms. The number of benzene rings is 3. The zero-order valence-electron chi connectivity index (χ0n) is 18.9. The molecule has 0 bridgehead atoms. The lowest BCUT2D eigenvalue weighted by Crippen LogP contribution is -2.35. The summed E-state index contributed by atoms with van der Waals surface area (Å²) in [6.45, 7) is 3.40. The number of ether oxygens (including phenoxy) is 1. The van der Waals surface area contributed by atoms with Crippen molar-refractivity contribution in [2.75, 3.05) is 11.6 Å². The maximum Gasteiger partial charge on any atom is 0.282 e. The van der Waals surface area contributed by atoms with Crippen molar-refractivity contribution in [2.45, 2.75) is 19.9 Å². The van der Waals surface area contributed by atoms with E-state index >= 15 is 0 Å². The fourth-order valence-electron chi connectivity index (χ4n) is 4.11. The fourth-order valence-corrected chi connectivity index (χ4v) is 4.11. The molecule has 1 aliphatic rings. The van der Waals surface area contributed by atoms with E-state index in [0.29, 0.717) is 12.3 Å². The van der Waals surface area contributed by atoms with Gasteiger partial charge < -0.3 is 9.30 Å². The van der Waals surface area contributed by atoms with Gasteiger partial charge in [-0.05, 0) is 49.8 Å². The molecule has 1 N–H and O–H groups in total. The third kappa shape index (κ3) is 4.30. The average molecular weight is 452 g/mol. The molecule has 6 nitrogen and oxygen atoms in total. The maximum atomic E-state index is 13.0. The highest BCUT2D eigenvalue weighted by Crippen LogP contribution is 2.27. The molecule has 6 heteroatoms. The molecule has 1 aromatic heterocycles. The standard InChI is InChI=1S/C28H25N3O3/c1-20-12-14-23(15-13-20)34-17-7-16-30-19-21(24-10-5-6-11-26(24)30)18-25-27(32)29-31(28(25)33)22-8-3-2-4-9-22/h2-6,8-15,18-19H,7,16-17H2,1H3,(H,29,32)/b25-18-. The van der Waals surface area contributed by atoms with Crippen LogP contribution in [0.2, 0.25) is 0 Å². The van der Waals surface area contributed by atoms with Crippen LogP contribution in [0.3, 0.4) is 0 Å². The number of para-hydroxylation sites is 2. The number of aromatic nitrogens is 1. The van der Waals surface area contributed by atoms with Gasteiger partial charge in [-0.3, -0.25) is 15.0 Å². The van der Waals surface area contributed by atoms with Gasteiger partial charge in [0.1, 0.15) is 11.3 Å². The molecule has 170 valence electrons. The minimum atomic E-state index is -0.405. The topological polar surface area (TPSA) is 63.6 Å². The first kappa shape index (κ1) is 21.5. The molecule has 34 heavy (non-hydrogen) atoms. The molecule has 2 heterocycles. The summed E-state index contributed by atoms with van der Waals surface area (Å²) in [6.07, 6.45) is 4.50. The van der Waals surface area contributed by atoms with Gasteiger partial charge in [0.05, 0.1) is 12.3 Å². The second-order valence-electron chi connectivity index (χ2n) is 8.29. The Labute approximate surface area is 198 Å². The average Bonchev–Trinajstić information content (AvgIpc) is 3.36. The Morgan fingerprint density at radius 1 is 0.912 bits per heavy atom. The lowest BCUT2D eigenvalue weighted by Gasteiger charge is -2.13. The molecule has 1 saturated heterocycles. The molecule has 3 aromatic carbocycles. The summed E-state index contributed by atoms with van der Waals surface area (Å²) in [5.41, 5.74) is 6.50. The highest BCUT2D eigenvalue weighted by Gasteiger charge is 2.34. The third-order valence-corrected chi connectivity index (χ3v) is 5.86. The van der Waals surface area contributed by atoms with E-state index in [1.165, 1.54) is 10.6 Å². The molecule has 1 aliphatic heterocycles. The Bertz CT molecular complexity index is 1370. The van der Waals surface area contributed by atoms with Crippen LogP contribution in [-0.4, -0.2) is 23.0 Å². The number of hydrogen-bond donors (Lipinski definition) is 1. The minimum Gasteiger partial charge on any atom is -0.494 e. The van der Waals surface area contributed by atoms with Gasteiger partial charge in [-0.15, -0.1) is 0 Å². The first-order chi connectivity index (χ1) is 16.6. The Morgan fingerprint density at radius 3 is 2.44 bits per heavy atom. The van der Waals surface area contributed by atoms with Crippen molar-refractivity contribution in [3.8, 4) is 5.75 Å². The third-order valence-electron chi connectivity index (χ3n) is 5.86. The quantitative estimate of drug-likeness (QED) is 0.247. The van der Waals surface area contributed by atoms with Crippen molar-refractivity contribution in [3.05, 3.63) is 102 Å². The van der Waals surface area contributed by atoms with E-state index in [1.807, 2.05) is 72.9 Å². The van der Waals surface area contributed by atoms with Crippen molar-refractivity contribution >= 4 is 34.5 Å². The summed E-state index contributed by atoms with van der Waals surface area (Å²) in [5.74, 6) is 0.0961. The maximum absolute atomic E-state index is 13.0. The Balaban J connectivity index is 1.35. The molecule has 2 amide bonds. The molecule has 0 aliphatic carbocycles. The normalized spacial score (nSPS) is 14.7. The monoisotopic (exact) mass is 451 g/mol. The van der Waals surface area contributed by atoms with Crippen molar-refractivity contribution in [1.29, 1.82) is 0 Å². The van der Waals surface area contributed by atoms with Gasteiger partial charge in [0, 0.05) is 29.2 Å². The fraction of sp³-hybridized carbons (Fsp3) is 0.143. The number of anilines is 1. The smallest absolute Gasteiger partial charge is 0.282 e. The Morgan fingerprint density at radius 2 is 1.65 bits per heavy atom. The number of carbonyl (C=O) groups is 2. The van der Waals surface area contributed by atoms with Gasteiger partial charge in [-0.25, -0.2) is 5.01 Å². The van der Waals surface area contributed by atoms with E-state index in [2.05, 4.69) is 16.9 Å². The Kier molecular flexibility index (Phi) is 5.87. The summed E-state index contributed by atoms with van der Waals surface area (Å²) < 4.78 is 8.01. The van der Waals surface area contributed by atoms with E-state index in [1.54, 1.807) is 18.2 Å². The van der Waals surface area contributed by atoms with Crippen LogP contribution in [0.5, 0.6) is 5.75 Å². The highest BCUT2D eigenvalue weighted by molar-refractivity contribution is 6.32. The zero-order valence-corrected chi connectivity index (χ0v) is 18.9. The number of hydrazine groups is 1. The molecule has 0 unspecified atom stereocenters. The largest absolute Gasteiger partial charge is 0.494 e. The summed E-state index contributed by atoms with van der Waals surface area (Å²) in [5, 5.41) is 2.28. The molecule has 0 saturated carbocycles. The van der Waals surface area contributed by atoms with Gasteiger partial charge in [0.15, 0.2) is 0 Å². The molecule has 0 atom stereocenters. The molecule has 5 rings (SSSR count). The predicted octanol–water partition coefficient (Wildman–Crippen LogP) is 4.88. The number of aryl methyl sites for hydroxylation is 2. The van der Waals surface area contributed by atoms with Crippen molar-refractivity contribution in [3.63, 3.8) is 0 Å². The number of nitrogens with one attached hydrogen (secondary N) is 1. The zero-order chi connectivity index (χ0) is 23.5. The molecule has 1 fully saturated rings. The van der Waals surface area contributed by atoms with Crippen LogP contribution in [0.1, 0.15) is 17.5 Å². The van der Waals surface area contributed by atoms with Gasteiger partial charge in [0.2, 0.25) is 0 Å². The SMILES string of the molecule is Cc1ccc(OCCCn2cc(/C=C3/C(=O)NN(c4ccccc4)C3=O)c3ccccc32)cc1. The van der Waals surface area contributed by atoms with E-state index < -0.39 is 5.91 Å². The van der Waals surface area contributed by atoms with Gasteiger partial charge in [-0.2, -0.15) is 0 Å².